The standard InChI is InChI=1S/C23H19N3O3S2/c1-14-11-19(26(28)29)9-10-20(14)24-15(2)12-17(16(24)3)13-21-22(27)25(23(30)31-21)18-7-5-4-6-8-18/h4-13H,1-3H3/b21-13+. The molecule has 6 nitrogen and oxygen atoms in total. The lowest BCUT2D eigenvalue weighted by Gasteiger charge is -2.13. The third-order valence-corrected chi connectivity index (χ3v) is 6.50. The van der Waals surface area contributed by atoms with Crippen molar-refractivity contribution in [2.75, 3.05) is 4.90 Å². The topological polar surface area (TPSA) is 68.4 Å². The van der Waals surface area contributed by atoms with Crippen molar-refractivity contribution in [2.24, 2.45) is 0 Å². The molecule has 3 aromatic rings. The maximum absolute atomic E-state index is 13.0. The Kier molecular flexibility index (Phi) is 5.51. The minimum atomic E-state index is -0.397. The molecule has 1 aliphatic rings. The summed E-state index contributed by atoms with van der Waals surface area (Å²) in [4.78, 5) is 25.8. The molecule has 0 saturated carbocycles. The fourth-order valence-electron chi connectivity index (χ4n) is 3.72. The molecule has 4 rings (SSSR count). The number of nitro groups is 1. The summed E-state index contributed by atoms with van der Waals surface area (Å²) in [6.07, 6.45) is 1.86. The van der Waals surface area contributed by atoms with Crippen molar-refractivity contribution in [3.05, 3.63) is 92.1 Å². The number of aryl methyl sites for hydroxylation is 2. The SMILES string of the molecule is Cc1cc([N+](=O)[O-])ccc1-n1c(C)cc(/C=C2/SC(=S)N(c3ccccc3)C2=O)c1C. The number of non-ortho nitro benzene ring substituents is 1. The number of carbonyl (C=O) groups is 1. The van der Waals surface area contributed by atoms with Crippen molar-refractivity contribution in [2.45, 2.75) is 20.8 Å². The lowest BCUT2D eigenvalue weighted by molar-refractivity contribution is -0.384. The Bertz CT molecular complexity index is 1260. The van der Waals surface area contributed by atoms with Crippen LogP contribution in [0.5, 0.6) is 0 Å². The van der Waals surface area contributed by atoms with Gasteiger partial charge in [-0.05, 0) is 62.2 Å². The van der Waals surface area contributed by atoms with Crippen LogP contribution in [0.1, 0.15) is 22.5 Å². The van der Waals surface area contributed by atoms with E-state index in [0.29, 0.717) is 9.23 Å². The Morgan fingerprint density at radius 1 is 1.06 bits per heavy atom. The van der Waals surface area contributed by atoms with E-state index in [1.54, 1.807) is 17.0 Å². The van der Waals surface area contributed by atoms with Gasteiger partial charge < -0.3 is 4.57 Å². The number of hydrogen-bond donors (Lipinski definition) is 0. The fraction of sp³-hybridized carbons (Fsp3) is 0.130. The van der Waals surface area contributed by atoms with Crippen molar-refractivity contribution < 1.29 is 9.72 Å². The van der Waals surface area contributed by atoms with Crippen molar-refractivity contribution in [3.8, 4) is 5.69 Å². The molecular weight excluding hydrogens is 430 g/mol. The average molecular weight is 450 g/mol. The van der Waals surface area contributed by atoms with E-state index in [4.69, 9.17) is 12.2 Å². The molecule has 0 aliphatic carbocycles. The number of hydrogen-bond acceptors (Lipinski definition) is 5. The third kappa shape index (κ3) is 3.80. The number of para-hydroxylation sites is 1. The van der Waals surface area contributed by atoms with Gasteiger partial charge >= 0.3 is 0 Å². The first-order chi connectivity index (χ1) is 14.8. The number of thioether (sulfide) groups is 1. The lowest BCUT2D eigenvalue weighted by atomic mass is 10.1. The molecule has 0 bridgehead atoms. The van der Waals surface area contributed by atoms with E-state index < -0.39 is 4.92 Å². The summed E-state index contributed by atoms with van der Waals surface area (Å²) < 4.78 is 2.55. The molecule has 0 unspecified atom stereocenters. The zero-order valence-electron chi connectivity index (χ0n) is 17.2. The molecule has 2 aromatic carbocycles. The van der Waals surface area contributed by atoms with E-state index in [2.05, 4.69) is 0 Å². The first kappa shape index (κ1) is 21.0. The van der Waals surface area contributed by atoms with Gasteiger partial charge in [0.2, 0.25) is 0 Å². The first-order valence-corrected chi connectivity index (χ1v) is 10.8. The van der Waals surface area contributed by atoms with E-state index in [1.807, 2.05) is 67.8 Å². The highest BCUT2D eigenvalue weighted by Gasteiger charge is 2.33. The average Bonchev–Trinajstić information content (AvgIpc) is 3.17. The molecule has 156 valence electrons. The van der Waals surface area contributed by atoms with Crippen LogP contribution < -0.4 is 4.90 Å². The number of nitro benzene ring substituents is 1. The number of rotatable bonds is 4. The molecule has 31 heavy (non-hydrogen) atoms. The largest absolute Gasteiger partial charge is 0.318 e. The van der Waals surface area contributed by atoms with Gasteiger partial charge in [-0.25, -0.2) is 0 Å². The summed E-state index contributed by atoms with van der Waals surface area (Å²) in [5.41, 5.74) is 5.31. The number of anilines is 1. The Labute approximate surface area is 189 Å². The second kappa shape index (κ2) is 8.13. The summed E-state index contributed by atoms with van der Waals surface area (Å²) >= 11 is 6.73. The van der Waals surface area contributed by atoms with Crippen LogP contribution in [-0.2, 0) is 4.79 Å². The van der Waals surface area contributed by atoms with Gasteiger partial charge in [-0.15, -0.1) is 0 Å². The number of thiocarbonyl (C=S) groups is 1. The first-order valence-electron chi connectivity index (χ1n) is 9.55. The Balaban J connectivity index is 1.72. The van der Waals surface area contributed by atoms with Crippen LogP contribution in [0.4, 0.5) is 11.4 Å². The van der Waals surface area contributed by atoms with Crippen LogP contribution in [0.25, 0.3) is 11.8 Å². The molecule has 1 aromatic heterocycles. The Morgan fingerprint density at radius 2 is 1.77 bits per heavy atom. The molecule has 0 radical (unpaired) electrons. The van der Waals surface area contributed by atoms with Gasteiger partial charge in [-0.3, -0.25) is 19.8 Å². The predicted molar refractivity (Wildman–Crippen MR) is 129 cm³/mol. The molecule has 0 spiro atoms. The quantitative estimate of drug-likeness (QED) is 0.221. The molecule has 0 atom stereocenters. The van der Waals surface area contributed by atoms with Gasteiger partial charge in [0.05, 0.1) is 15.5 Å². The third-order valence-electron chi connectivity index (χ3n) is 5.20. The van der Waals surface area contributed by atoms with Gasteiger partial charge in [-0.1, -0.05) is 42.2 Å². The number of aromatic nitrogens is 1. The van der Waals surface area contributed by atoms with Crippen LogP contribution in [0, 0.1) is 30.9 Å². The van der Waals surface area contributed by atoms with Gasteiger partial charge in [0.25, 0.3) is 11.6 Å². The molecule has 0 N–H and O–H groups in total. The van der Waals surface area contributed by atoms with Crippen LogP contribution in [-0.4, -0.2) is 19.7 Å². The monoisotopic (exact) mass is 449 g/mol. The molecule has 1 fully saturated rings. The second-order valence-electron chi connectivity index (χ2n) is 7.24. The number of nitrogens with zero attached hydrogens (tertiary/aromatic N) is 3. The molecule has 1 aliphatic heterocycles. The van der Waals surface area contributed by atoms with E-state index in [1.165, 1.54) is 17.8 Å². The molecule has 1 saturated heterocycles. The maximum Gasteiger partial charge on any atom is 0.270 e. The van der Waals surface area contributed by atoms with Gasteiger partial charge in [0, 0.05) is 29.2 Å². The highest BCUT2D eigenvalue weighted by atomic mass is 32.2. The predicted octanol–water partition coefficient (Wildman–Crippen LogP) is 5.72. The molecule has 1 amide bonds. The van der Waals surface area contributed by atoms with E-state index in [-0.39, 0.29) is 11.6 Å². The highest BCUT2D eigenvalue weighted by Crippen LogP contribution is 2.37. The number of benzene rings is 2. The summed E-state index contributed by atoms with van der Waals surface area (Å²) in [6, 6.07) is 16.2. The minimum absolute atomic E-state index is 0.0634. The smallest absolute Gasteiger partial charge is 0.270 e. The van der Waals surface area contributed by atoms with Crippen molar-refractivity contribution in [3.63, 3.8) is 0 Å². The Morgan fingerprint density at radius 3 is 2.42 bits per heavy atom. The highest BCUT2D eigenvalue weighted by molar-refractivity contribution is 8.27. The van der Waals surface area contributed by atoms with E-state index in [0.717, 1.165) is 33.9 Å². The Hall–Kier alpha value is -3.23. The summed E-state index contributed by atoms with van der Waals surface area (Å²) in [5, 5.41) is 11.1. The van der Waals surface area contributed by atoms with Crippen molar-refractivity contribution in [1.82, 2.24) is 4.57 Å². The van der Waals surface area contributed by atoms with Gasteiger partial charge in [0.1, 0.15) is 0 Å². The molecule has 8 heteroatoms. The maximum atomic E-state index is 13.0. The number of amides is 1. The van der Waals surface area contributed by atoms with Crippen molar-refractivity contribution in [1.29, 1.82) is 0 Å². The van der Waals surface area contributed by atoms with Crippen LogP contribution in [0.3, 0.4) is 0 Å². The normalized spacial score (nSPS) is 15.2. The van der Waals surface area contributed by atoms with Gasteiger partial charge in [0.15, 0.2) is 4.32 Å². The van der Waals surface area contributed by atoms with Crippen molar-refractivity contribution >= 4 is 51.7 Å². The van der Waals surface area contributed by atoms with Crippen LogP contribution >= 0.6 is 24.0 Å². The summed E-state index contributed by atoms with van der Waals surface area (Å²) in [5.74, 6) is -0.141. The van der Waals surface area contributed by atoms with E-state index in [9.17, 15) is 14.9 Å². The van der Waals surface area contributed by atoms with Gasteiger partial charge in [-0.2, -0.15) is 0 Å². The summed E-state index contributed by atoms with van der Waals surface area (Å²) in [7, 11) is 0. The molecule has 2 heterocycles. The fourth-order valence-corrected chi connectivity index (χ4v) is 5.01. The number of carbonyl (C=O) groups excluding carboxylic acids is 1. The van der Waals surface area contributed by atoms with Crippen LogP contribution in [0.2, 0.25) is 0 Å². The second-order valence-corrected chi connectivity index (χ2v) is 8.92. The van der Waals surface area contributed by atoms with Crippen LogP contribution in [0.15, 0.2) is 59.5 Å². The zero-order chi connectivity index (χ0) is 22.3. The zero-order valence-corrected chi connectivity index (χ0v) is 18.8. The lowest BCUT2D eigenvalue weighted by Crippen LogP contribution is -2.27. The summed E-state index contributed by atoms with van der Waals surface area (Å²) in [6.45, 7) is 5.80. The minimum Gasteiger partial charge on any atom is -0.318 e. The van der Waals surface area contributed by atoms with E-state index >= 15 is 0 Å². The molecular formula is C23H19N3O3S2.